The summed E-state index contributed by atoms with van der Waals surface area (Å²) in [6, 6.07) is 9.31. The van der Waals surface area contributed by atoms with Crippen molar-refractivity contribution in [1.82, 2.24) is 10.0 Å². The summed E-state index contributed by atoms with van der Waals surface area (Å²) in [4.78, 5) is 18.2. The van der Waals surface area contributed by atoms with Gasteiger partial charge in [0.15, 0.2) is 0 Å². The average Bonchev–Trinajstić information content (AvgIpc) is 2.98. The monoisotopic (exact) mass is 379 g/mol. The van der Waals surface area contributed by atoms with Gasteiger partial charge in [-0.3, -0.25) is 4.99 Å². The number of benzene rings is 1. The number of hydrogen-bond donors (Lipinski definition) is 2. The minimum Gasteiger partial charge on any atom is -0.337 e. The maximum Gasteiger partial charge on any atom is 0.328 e. The van der Waals surface area contributed by atoms with Gasteiger partial charge in [0.2, 0.25) is 0 Å². The molecule has 0 radical (unpaired) electrons. The van der Waals surface area contributed by atoms with E-state index < -0.39 is 16.1 Å². The van der Waals surface area contributed by atoms with E-state index in [2.05, 4.69) is 10.3 Å². The second kappa shape index (κ2) is 8.77. The molecule has 2 rings (SSSR count). The zero-order valence-electron chi connectivity index (χ0n) is 14.2. The van der Waals surface area contributed by atoms with E-state index in [1.54, 1.807) is 29.7 Å². The maximum absolute atomic E-state index is 12.2. The highest BCUT2D eigenvalue weighted by Gasteiger charge is 2.16. The van der Waals surface area contributed by atoms with Crippen LogP contribution < -0.4 is 10.0 Å². The first-order valence-electron chi connectivity index (χ1n) is 7.92. The van der Waals surface area contributed by atoms with Crippen LogP contribution in [0.5, 0.6) is 0 Å². The third-order valence-corrected chi connectivity index (χ3v) is 5.57. The van der Waals surface area contributed by atoms with E-state index >= 15 is 0 Å². The lowest BCUT2D eigenvalue weighted by Gasteiger charge is -2.08. The van der Waals surface area contributed by atoms with Crippen molar-refractivity contribution in [3.05, 3.63) is 46.2 Å². The molecule has 8 heteroatoms. The number of aliphatic imine (C=N–C) groups is 1. The smallest absolute Gasteiger partial charge is 0.328 e. The number of urea groups is 1. The molecule has 0 aliphatic rings. The molecule has 0 atom stereocenters. The second-order valence-electron chi connectivity index (χ2n) is 5.42. The van der Waals surface area contributed by atoms with Crippen LogP contribution >= 0.6 is 11.3 Å². The lowest BCUT2D eigenvalue weighted by atomic mass is 10.3. The molecule has 6 nitrogen and oxygen atoms in total. The van der Waals surface area contributed by atoms with Crippen LogP contribution in [-0.4, -0.2) is 27.2 Å². The number of carbonyl (C=O) groups excluding carboxylic acids is 1. The van der Waals surface area contributed by atoms with Crippen LogP contribution in [0, 0.1) is 6.92 Å². The first-order valence-corrected chi connectivity index (χ1v) is 10.2. The Morgan fingerprint density at radius 1 is 1.20 bits per heavy atom. The van der Waals surface area contributed by atoms with Gasteiger partial charge >= 0.3 is 6.03 Å². The number of aryl methyl sites for hydroxylation is 1. The van der Waals surface area contributed by atoms with Crippen molar-refractivity contribution in [1.29, 1.82) is 0 Å². The lowest BCUT2D eigenvalue weighted by Crippen LogP contribution is -2.39. The van der Waals surface area contributed by atoms with Crippen molar-refractivity contribution in [2.24, 2.45) is 4.99 Å². The number of carbonyl (C=O) groups is 1. The molecule has 2 N–H and O–H groups in total. The van der Waals surface area contributed by atoms with Gasteiger partial charge in [-0.2, -0.15) is 0 Å². The predicted molar refractivity (Wildman–Crippen MR) is 101 cm³/mol. The van der Waals surface area contributed by atoms with Crippen LogP contribution in [0.4, 0.5) is 10.5 Å². The van der Waals surface area contributed by atoms with Crippen LogP contribution in [0.1, 0.15) is 29.5 Å². The van der Waals surface area contributed by atoms with E-state index in [9.17, 15) is 13.2 Å². The van der Waals surface area contributed by atoms with Gasteiger partial charge in [-0.05, 0) is 49.7 Å². The number of thiophene rings is 1. The number of rotatable bonds is 7. The SMILES string of the molecule is CCCCNC(=O)NS(=O)(=O)c1ccc(N=Cc2ccc(C)s2)cc1. The Kier molecular flexibility index (Phi) is 6.72. The molecule has 0 aliphatic heterocycles. The summed E-state index contributed by atoms with van der Waals surface area (Å²) in [6.45, 7) is 4.45. The van der Waals surface area contributed by atoms with Crippen molar-refractivity contribution >= 4 is 39.3 Å². The molecule has 25 heavy (non-hydrogen) atoms. The molecule has 0 saturated heterocycles. The van der Waals surface area contributed by atoms with Crippen LogP contribution in [0.2, 0.25) is 0 Å². The van der Waals surface area contributed by atoms with Crippen molar-refractivity contribution in [3.63, 3.8) is 0 Å². The molecule has 0 saturated carbocycles. The molecule has 0 bridgehead atoms. The molecule has 1 heterocycles. The minimum absolute atomic E-state index is 0.0176. The summed E-state index contributed by atoms with van der Waals surface area (Å²) in [5.41, 5.74) is 0.636. The number of unbranched alkanes of at least 4 members (excludes halogenated alkanes) is 1. The van der Waals surface area contributed by atoms with Gasteiger partial charge in [0, 0.05) is 22.5 Å². The quantitative estimate of drug-likeness (QED) is 0.569. The third kappa shape index (κ3) is 5.99. The van der Waals surface area contributed by atoms with E-state index in [0.29, 0.717) is 12.2 Å². The summed E-state index contributed by atoms with van der Waals surface area (Å²) in [7, 11) is -3.89. The summed E-state index contributed by atoms with van der Waals surface area (Å²) in [6.07, 6.45) is 3.45. The maximum atomic E-state index is 12.2. The molecule has 0 spiro atoms. The number of hydrogen-bond acceptors (Lipinski definition) is 5. The minimum atomic E-state index is -3.89. The standard InChI is InChI=1S/C17H21N3O3S2/c1-3-4-11-18-17(21)20-25(22,23)16-9-6-14(7-10-16)19-12-15-8-5-13(2)24-15/h5-10,12H,3-4,11H2,1-2H3,(H2,18,20,21). The van der Waals surface area contributed by atoms with Crippen molar-refractivity contribution in [3.8, 4) is 0 Å². The molecule has 0 unspecified atom stereocenters. The first-order chi connectivity index (χ1) is 11.9. The zero-order valence-corrected chi connectivity index (χ0v) is 15.8. The topological polar surface area (TPSA) is 87.6 Å². The fourth-order valence-electron chi connectivity index (χ4n) is 1.97. The van der Waals surface area contributed by atoms with E-state index in [4.69, 9.17) is 0 Å². The second-order valence-corrected chi connectivity index (χ2v) is 8.42. The summed E-state index contributed by atoms with van der Waals surface area (Å²) >= 11 is 1.63. The van der Waals surface area contributed by atoms with Crippen LogP contribution in [0.25, 0.3) is 0 Å². The lowest BCUT2D eigenvalue weighted by molar-refractivity contribution is 0.245. The van der Waals surface area contributed by atoms with Crippen molar-refractivity contribution < 1.29 is 13.2 Å². The van der Waals surface area contributed by atoms with E-state index in [-0.39, 0.29) is 4.90 Å². The molecule has 0 fully saturated rings. The first kappa shape index (κ1) is 19.1. The zero-order chi connectivity index (χ0) is 18.3. The number of sulfonamides is 1. The molecular formula is C17H21N3O3S2. The number of nitrogens with zero attached hydrogens (tertiary/aromatic N) is 1. The van der Waals surface area contributed by atoms with E-state index in [0.717, 1.165) is 17.7 Å². The molecule has 0 aliphatic carbocycles. The highest BCUT2D eigenvalue weighted by Crippen LogP contribution is 2.18. The molecule has 1 aromatic heterocycles. The normalized spacial score (nSPS) is 11.6. The summed E-state index contributed by atoms with van der Waals surface area (Å²) in [5, 5.41) is 2.51. The van der Waals surface area contributed by atoms with Crippen molar-refractivity contribution in [2.45, 2.75) is 31.6 Å². The van der Waals surface area contributed by atoms with Gasteiger partial charge < -0.3 is 5.32 Å². The molecule has 134 valence electrons. The Balaban J connectivity index is 2.00. The molecule has 1 aromatic carbocycles. The van der Waals surface area contributed by atoms with Crippen LogP contribution in [0.15, 0.2) is 46.3 Å². The van der Waals surface area contributed by atoms with Gasteiger partial charge in [-0.15, -0.1) is 11.3 Å². The number of nitrogens with one attached hydrogen (secondary N) is 2. The molecular weight excluding hydrogens is 358 g/mol. The van der Waals surface area contributed by atoms with Gasteiger partial charge in [0.1, 0.15) is 0 Å². The fraction of sp³-hybridized carbons (Fsp3) is 0.294. The van der Waals surface area contributed by atoms with Crippen molar-refractivity contribution in [2.75, 3.05) is 6.54 Å². The highest BCUT2D eigenvalue weighted by atomic mass is 32.2. The highest BCUT2D eigenvalue weighted by molar-refractivity contribution is 7.90. The molecule has 2 amide bonds. The van der Waals surface area contributed by atoms with Gasteiger partial charge in [0.25, 0.3) is 10.0 Å². The van der Waals surface area contributed by atoms with Gasteiger partial charge in [-0.1, -0.05) is 13.3 Å². The Bertz CT molecular complexity index is 840. The van der Waals surface area contributed by atoms with Crippen LogP contribution in [0.3, 0.4) is 0 Å². The Labute approximate surface area is 152 Å². The summed E-state index contributed by atoms with van der Waals surface area (Å²) in [5.74, 6) is 0. The van der Waals surface area contributed by atoms with E-state index in [1.165, 1.54) is 17.0 Å². The Morgan fingerprint density at radius 2 is 1.92 bits per heavy atom. The molecule has 2 aromatic rings. The fourth-order valence-corrected chi connectivity index (χ4v) is 3.65. The Hall–Kier alpha value is -2.19. The van der Waals surface area contributed by atoms with Gasteiger partial charge in [-0.25, -0.2) is 17.9 Å². The largest absolute Gasteiger partial charge is 0.337 e. The number of amides is 2. The average molecular weight is 380 g/mol. The van der Waals surface area contributed by atoms with E-state index in [1.807, 2.05) is 30.7 Å². The van der Waals surface area contributed by atoms with Crippen LogP contribution in [-0.2, 0) is 10.0 Å². The van der Waals surface area contributed by atoms with Gasteiger partial charge in [0.05, 0.1) is 10.6 Å². The third-order valence-electron chi connectivity index (χ3n) is 3.29. The summed E-state index contributed by atoms with van der Waals surface area (Å²) < 4.78 is 26.3. The Morgan fingerprint density at radius 3 is 2.52 bits per heavy atom. The predicted octanol–water partition coefficient (Wildman–Crippen LogP) is 3.60.